The van der Waals surface area contributed by atoms with E-state index in [1.807, 2.05) is 30.3 Å². The number of β-amino-alcohol motifs (C(OH)–C–C–N with tert-alkyl or cyclic N) is 1. The molecule has 190 valence electrons. The molecule has 1 aliphatic rings. The third-order valence-electron chi connectivity index (χ3n) is 6.28. The second kappa shape index (κ2) is 11.5. The molecule has 36 heavy (non-hydrogen) atoms. The zero-order valence-electron chi connectivity index (χ0n) is 19.9. The van der Waals surface area contributed by atoms with Crippen molar-refractivity contribution in [3.8, 4) is 23.8 Å². The van der Waals surface area contributed by atoms with E-state index in [9.17, 15) is 20.4 Å². The van der Waals surface area contributed by atoms with Crippen molar-refractivity contribution in [1.82, 2.24) is 14.9 Å². The molecule has 0 aliphatic carbocycles. The second-order valence-corrected chi connectivity index (χ2v) is 8.59. The van der Waals surface area contributed by atoms with Crippen LogP contribution in [0.4, 0.5) is 11.5 Å². The van der Waals surface area contributed by atoms with Crippen LogP contribution in [0.3, 0.4) is 0 Å². The van der Waals surface area contributed by atoms with Gasteiger partial charge in [0.1, 0.15) is 24.4 Å². The van der Waals surface area contributed by atoms with Gasteiger partial charge in [0, 0.05) is 35.8 Å². The van der Waals surface area contributed by atoms with E-state index in [1.54, 1.807) is 18.1 Å². The summed E-state index contributed by atoms with van der Waals surface area (Å²) in [7, 11) is 1.55. The van der Waals surface area contributed by atoms with E-state index < -0.39 is 24.4 Å². The van der Waals surface area contributed by atoms with Gasteiger partial charge in [0.2, 0.25) is 0 Å². The van der Waals surface area contributed by atoms with Gasteiger partial charge in [-0.3, -0.25) is 4.90 Å². The summed E-state index contributed by atoms with van der Waals surface area (Å²) in [6, 6.07) is 10.4. The van der Waals surface area contributed by atoms with E-state index >= 15 is 0 Å². The summed E-state index contributed by atoms with van der Waals surface area (Å²) in [5.74, 6) is 4.22. The number of ether oxygens (including phenoxy) is 2. The van der Waals surface area contributed by atoms with E-state index in [-0.39, 0.29) is 13.2 Å². The Morgan fingerprint density at radius 3 is 2.72 bits per heavy atom. The molecular weight excluding hydrogens is 464 g/mol. The number of aliphatic hydroxyl groups is 4. The first kappa shape index (κ1) is 25.6. The van der Waals surface area contributed by atoms with Gasteiger partial charge in [-0.1, -0.05) is 12.0 Å². The summed E-state index contributed by atoms with van der Waals surface area (Å²) in [6.45, 7) is 0.579. The van der Waals surface area contributed by atoms with Gasteiger partial charge in [0.15, 0.2) is 11.5 Å². The highest BCUT2D eigenvalue weighted by Gasteiger charge is 2.40. The first-order valence-electron chi connectivity index (χ1n) is 11.6. The van der Waals surface area contributed by atoms with Crippen LogP contribution in [0.5, 0.6) is 11.5 Å². The summed E-state index contributed by atoms with van der Waals surface area (Å²) in [5, 5.41) is 43.7. The van der Waals surface area contributed by atoms with E-state index in [1.165, 1.54) is 6.33 Å². The molecule has 1 saturated heterocycles. The zero-order chi connectivity index (χ0) is 25.7. The fraction of sp³-hybridized carbons (Fsp3) is 0.385. The number of piperidine rings is 1. The molecule has 1 aromatic heterocycles. The Balaban J connectivity index is 1.47. The molecule has 0 unspecified atom stereocenters. The summed E-state index contributed by atoms with van der Waals surface area (Å²) in [4.78, 5) is 10.5. The summed E-state index contributed by atoms with van der Waals surface area (Å²) >= 11 is 0. The van der Waals surface area contributed by atoms with Crippen molar-refractivity contribution < 1.29 is 29.9 Å². The van der Waals surface area contributed by atoms with Gasteiger partial charge >= 0.3 is 0 Å². The van der Waals surface area contributed by atoms with Crippen molar-refractivity contribution >= 4 is 22.4 Å². The van der Waals surface area contributed by atoms with Crippen LogP contribution in [-0.2, 0) is 0 Å². The average molecular weight is 495 g/mol. The molecule has 0 amide bonds. The van der Waals surface area contributed by atoms with Crippen LogP contribution in [0.25, 0.3) is 10.9 Å². The second-order valence-electron chi connectivity index (χ2n) is 8.59. The number of hydrogen-bond acceptors (Lipinski definition) is 10. The van der Waals surface area contributed by atoms with Crippen molar-refractivity contribution in [3.63, 3.8) is 0 Å². The third kappa shape index (κ3) is 5.51. The maximum atomic E-state index is 10.2. The van der Waals surface area contributed by atoms with Crippen LogP contribution in [0.2, 0.25) is 0 Å². The molecule has 4 atom stereocenters. The number of hydrogen-bond donors (Lipinski definition) is 5. The molecule has 1 aliphatic heterocycles. The summed E-state index contributed by atoms with van der Waals surface area (Å²) in [5.41, 5.74) is 2.21. The number of rotatable bonds is 9. The molecule has 2 heterocycles. The number of nitrogens with zero attached hydrogens (tertiary/aromatic N) is 3. The minimum absolute atomic E-state index is 0.149. The smallest absolute Gasteiger partial charge is 0.162 e. The molecule has 0 saturated carbocycles. The highest BCUT2D eigenvalue weighted by molar-refractivity contribution is 5.93. The lowest BCUT2D eigenvalue weighted by Gasteiger charge is -2.43. The molecule has 0 spiro atoms. The number of benzene rings is 2. The number of aromatic nitrogens is 2. The Morgan fingerprint density at radius 1 is 1.14 bits per heavy atom. The SMILES string of the molecule is C#Cc1cccc(Nc2ncnc3cc(OC)c(OCCCN4C[C@H](O)[C@@H](O)[C@H](O)[C@H]4CO)cc23)c1. The standard InChI is InChI=1S/C26H30N4O6/c1-3-16-6-4-7-17(10-16)29-26-18-11-23(22(35-2)12-19(18)27-15-28-26)36-9-5-8-30-13-21(32)25(34)24(33)20(30)14-31/h1,4,6-7,10-12,15,20-21,24-25,31-34H,5,8-9,13-14H2,2H3,(H,27,28,29)/t20-,21+,24-,25-/m1/s1. The van der Waals surface area contributed by atoms with Crippen molar-refractivity contribution in [3.05, 3.63) is 48.3 Å². The molecule has 1 fully saturated rings. The quantitative estimate of drug-likeness (QED) is 0.215. The number of nitrogens with one attached hydrogen (secondary N) is 1. The summed E-state index contributed by atoms with van der Waals surface area (Å²) < 4.78 is 11.5. The third-order valence-corrected chi connectivity index (χ3v) is 6.28. The number of terminal acetylenes is 1. The number of anilines is 2. The Morgan fingerprint density at radius 2 is 1.97 bits per heavy atom. The van der Waals surface area contributed by atoms with Gasteiger partial charge in [0.25, 0.3) is 0 Å². The topological polar surface area (TPSA) is 140 Å². The van der Waals surface area contributed by atoms with Gasteiger partial charge < -0.3 is 35.2 Å². The first-order valence-corrected chi connectivity index (χ1v) is 11.6. The molecule has 4 rings (SSSR count). The highest BCUT2D eigenvalue weighted by atomic mass is 16.5. The van der Waals surface area contributed by atoms with Crippen LogP contribution in [0, 0.1) is 12.3 Å². The predicted molar refractivity (Wildman–Crippen MR) is 134 cm³/mol. The Hall–Kier alpha value is -3.46. The van der Waals surface area contributed by atoms with E-state index in [0.717, 1.165) is 16.6 Å². The van der Waals surface area contributed by atoms with Crippen LogP contribution in [0.1, 0.15) is 12.0 Å². The maximum Gasteiger partial charge on any atom is 0.162 e. The fourth-order valence-corrected chi connectivity index (χ4v) is 4.34. The molecule has 0 bridgehead atoms. The molecule has 0 radical (unpaired) electrons. The number of likely N-dealkylation sites (tertiary alicyclic amines) is 1. The Bertz CT molecular complexity index is 1230. The minimum atomic E-state index is -1.28. The largest absolute Gasteiger partial charge is 0.493 e. The fourth-order valence-electron chi connectivity index (χ4n) is 4.34. The maximum absolute atomic E-state index is 10.2. The predicted octanol–water partition coefficient (Wildman–Crippen LogP) is 0.891. The van der Waals surface area contributed by atoms with E-state index in [0.29, 0.717) is 42.4 Å². The van der Waals surface area contributed by atoms with Crippen molar-refractivity contribution in [2.45, 2.75) is 30.8 Å². The Kier molecular flexibility index (Phi) is 8.20. The highest BCUT2D eigenvalue weighted by Crippen LogP contribution is 2.35. The van der Waals surface area contributed by atoms with Crippen molar-refractivity contribution in [2.75, 3.05) is 38.7 Å². The van der Waals surface area contributed by atoms with Crippen molar-refractivity contribution in [2.24, 2.45) is 0 Å². The molecule has 5 N–H and O–H groups in total. The molecule has 2 aromatic carbocycles. The lowest BCUT2D eigenvalue weighted by atomic mass is 9.94. The average Bonchev–Trinajstić information content (AvgIpc) is 2.89. The van der Waals surface area contributed by atoms with Gasteiger partial charge in [0.05, 0.1) is 38.0 Å². The lowest BCUT2D eigenvalue weighted by Crippen LogP contribution is -2.62. The van der Waals surface area contributed by atoms with Crippen LogP contribution >= 0.6 is 0 Å². The summed E-state index contributed by atoms with van der Waals surface area (Å²) in [6.07, 6.45) is 3.92. The number of fused-ring (bicyclic) bond motifs is 1. The first-order chi connectivity index (χ1) is 17.4. The van der Waals surface area contributed by atoms with Gasteiger partial charge in [-0.2, -0.15) is 0 Å². The molecule has 10 nitrogen and oxygen atoms in total. The van der Waals surface area contributed by atoms with Gasteiger partial charge in [-0.15, -0.1) is 6.42 Å². The van der Waals surface area contributed by atoms with Crippen LogP contribution in [-0.4, -0.2) is 93.1 Å². The number of aliphatic hydroxyl groups excluding tert-OH is 4. The molecular formula is C26H30N4O6. The number of methoxy groups -OCH3 is 1. The van der Waals surface area contributed by atoms with E-state index in [4.69, 9.17) is 15.9 Å². The van der Waals surface area contributed by atoms with Crippen LogP contribution < -0.4 is 14.8 Å². The normalized spacial score (nSPS) is 22.2. The zero-order valence-corrected chi connectivity index (χ0v) is 19.9. The van der Waals surface area contributed by atoms with Gasteiger partial charge in [-0.25, -0.2) is 9.97 Å². The van der Waals surface area contributed by atoms with Gasteiger partial charge in [-0.05, 0) is 30.7 Å². The lowest BCUT2D eigenvalue weighted by molar-refractivity contribution is -0.145. The monoisotopic (exact) mass is 494 g/mol. The molecule has 3 aromatic rings. The minimum Gasteiger partial charge on any atom is -0.493 e. The Labute approximate surface area is 209 Å². The molecule has 10 heteroatoms. The van der Waals surface area contributed by atoms with Crippen LogP contribution in [0.15, 0.2) is 42.7 Å². The van der Waals surface area contributed by atoms with E-state index in [2.05, 4.69) is 21.2 Å². The van der Waals surface area contributed by atoms with Crippen molar-refractivity contribution in [1.29, 1.82) is 0 Å².